The minimum Gasteiger partial charge on any atom is -0.480 e. The number of hydrogen-bond acceptors (Lipinski definition) is 8. The summed E-state index contributed by atoms with van der Waals surface area (Å²) in [5.41, 5.74) is 0. The average Bonchev–Trinajstić information content (AvgIpc) is 2.63. The highest BCUT2D eigenvalue weighted by Gasteiger charge is 2.20. The van der Waals surface area contributed by atoms with Crippen LogP contribution in [0.4, 0.5) is 0 Å². The number of aliphatic carboxylic acids is 4. The Kier molecular flexibility index (Phi) is 10.4. The van der Waals surface area contributed by atoms with Crippen molar-refractivity contribution in [1.82, 2.24) is 19.6 Å². The van der Waals surface area contributed by atoms with E-state index < -0.39 is 37.0 Å². The maximum Gasteiger partial charge on any atom is 0.317 e. The van der Waals surface area contributed by atoms with Crippen LogP contribution in [-0.4, -0.2) is 142 Å². The number of carboxylic acids is 4. The first-order valence-corrected chi connectivity index (χ1v) is 8.92. The van der Waals surface area contributed by atoms with Crippen molar-refractivity contribution in [2.24, 2.45) is 0 Å². The van der Waals surface area contributed by atoms with Gasteiger partial charge < -0.3 is 20.4 Å². The van der Waals surface area contributed by atoms with Crippen LogP contribution >= 0.6 is 0 Å². The predicted molar refractivity (Wildman–Crippen MR) is 96.3 cm³/mol. The lowest BCUT2D eigenvalue weighted by Gasteiger charge is -2.27. The van der Waals surface area contributed by atoms with Crippen LogP contribution in [0.15, 0.2) is 0 Å². The van der Waals surface area contributed by atoms with Gasteiger partial charge in [-0.15, -0.1) is 0 Å². The van der Waals surface area contributed by atoms with Crippen LogP contribution in [0, 0.1) is 0 Å². The van der Waals surface area contributed by atoms with Crippen molar-refractivity contribution in [1.29, 1.82) is 0 Å². The van der Waals surface area contributed by atoms with Gasteiger partial charge in [0.05, 0.1) is 26.2 Å². The third-order valence-corrected chi connectivity index (χ3v) is 4.37. The number of nitrogens with zero attached hydrogens (tertiary/aromatic N) is 4. The molecule has 0 spiro atoms. The van der Waals surface area contributed by atoms with Crippen LogP contribution in [0.2, 0.25) is 0 Å². The van der Waals surface area contributed by atoms with Crippen molar-refractivity contribution >= 4 is 23.9 Å². The molecular weight excluding hydrogens is 376 g/mol. The maximum atomic E-state index is 11.0. The fraction of sp³-hybridized carbons (Fsp3) is 0.750. The number of carboxylic acid groups (broad SMARTS) is 4. The molecule has 0 radical (unpaired) electrons. The van der Waals surface area contributed by atoms with Gasteiger partial charge in [0.1, 0.15) is 0 Å². The third-order valence-electron chi connectivity index (χ3n) is 4.37. The van der Waals surface area contributed by atoms with Gasteiger partial charge in [-0.25, -0.2) is 0 Å². The van der Waals surface area contributed by atoms with Crippen molar-refractivity contribution in [3.05, 3.63) is 0 Å². The highest BCUT2D eigenvalue weighted by Crippen LogP contribution is 2.02. The second-order valence-electron chi connectivity index (χ2n) is 6.68. The van der Waals surface area contributed by atoms with E-state index in [4.69, 9.17) is 20.4 Å². The molecule has 12 heteroatoms. The Hall–Kier alpha value is -2.28. The summed E-state index contributed by atoms with van der Waals surface area (Å²) in [6, 6.07) is 0. The van der Waals surface area contributed by atoms with Crippen molar-refractivity contribution in [2.75, 3.05) is 78.5 Å². The lowest BCUT2D eigenvalue weighted by Crippen LogP contribution is -2.44. The minimum atomic E-state index is -1.12. The molecule has 28 heavy (non-hydrogen) atoms. The fourth-order valence-electron chi connectivity index (χ4n) is 2.99. The Balaban J connectivity index is 2.72. The zero-order chi connectivity index (χ0) is 21.1. The first-order chi connectivity index (χ1) is 13.2. The standard InChI is InChI=1S/C16H28N4O8/c21-13(22)9-18-4-1-17(2-5-19(7-6-18)10-14(23)24)3-8-20(11-15(25)26)12-16(27)28/h1-12H2,(H,21,22)(H,23,24)(H,25,26)(H,27,28). The van der Waals surface area contributed by atoms with E-state index in [1.165, 1.54) is 4.90 Å². The Morgan fingerprint density at radius 2 is 0.964 bits per heavy atom. The molecule has 0 amide bonds. The van der Waals surface area contributed by atoms with Gasteiger partial charge in [-0.3, -0.25) is 38.8 Å². The molecule has 0 aromatic heterocycles. The summed E-state index contributed by atoms with van der Waals surface area (Å²) in [6.07, 6.45) is 0. The van der Waals surface area contributed by atoms with Gasteiger partial charge in [0.2, 0.25) is 0 Å². The number of rotatable bonds is 11. The van der Waals surface area contributed by atoms with Crippen molar-refractivity contribution in [3.63, 3.8) is 0 Å². The van der Waals surface area contributed by atoms with Crippen LogP contribution in [0.25, 0.3) is 0 Å². The zero-order valence-corrected chi connectivity index (χ0v) is 15.7. The molecule has 160 valence electrons. The first kappa shape index (κ1) is 23.8. The second-order valence-corrected chi connectivity index (χ2v) is 6.68. The Morgan fingerprint density at radius 3 is 1.29 bits per heavy atom. The normalized spacial score (nSPS) is 17.6. The Labute approximate surface area is 162 Å². The summed E-state index contributed by atoms with van der Waals surface area (Å²) in [6.45, 7) is 2.33. The minimum absolute atomic E-state index is 0.154. The molecule has 0 unspecified atom stereocenters. The molecule has 1 aliphatic rings. The topological polar surface area (TPSA) is 162 Å². The van der Waals surface area contributed by atoms with Crippen LogP contribution in [-0.2, 0) is 19.2 Å². The summed E-state index contributed by atoms with van der Waals surface area (Å²) in [4.78, 5) is 50.6. The molecule has 0 aromatic carbocycles. The van der Waals surface area contributed by atoms with Gasteiger partial charge in [0, 0.05) is 52.4 Å². The molecular formula is C16H28N4O8. The highest BCUT2D eigenvalue weighted by atomic mass is 16.4. The monoisotopic (exact) mass is 404 g/mol. The van der Waals surface area contributed by atoms with Gasteiger partial charge in [-0.05, 0) is 0 Å². The van der Waals surface area contributed by atoms with Gasteiger partial charge in [-0.1, -0.05) is 0 Å². The third kappa shape index (κ3) is 10.8. The van der Waals surface area contributed by atoms with Crippen LogP contribution in [0.5, 0.6) is 0 Å². The van der Waals surface area contributed by atoms with E-state index in [0.29, 0.717) is 45.8 Å². The summed E-state index contributed by atoms with van der Waals surface area (Å²) >= 11 is 0. The van der Waals surface area contributed by atoms with Crippen LogP contribution in [0.1, 0.15) is 0 Å². The second kappa shape index (κ2) is 12.2. The van der Waals surface area contributed by atoms with Crippen molar-refractivity contribution < 1.29 is 39.6 Å². The first-order valence-electron chi connectivity index (χ1n) is 8.92. The predicted octanol–water partition coefficient (Wildman–Crippen LogP) is -2.45. The van der Waals surface area contributed by atoms with Gasteiger partial charge in [0.15, 0.2) is 0 Å². The van der Waals surface area contributed by atoms with Crippen molar-refractivity contribution in [2.45, 2.75) is 0 Å². The summed E-state index contributed by atoms with van der Waals surface area (Å²) in [7, 11) is 0. The van der Waals surface area contributed by atoms with Gasteiger partial charge in [-0.2, -0.15) is 0 Å². The van der Waals surface area contributed by atoms with Gasteiger partial charge >= 0.3 is 23.9 Å². The summed E-state index contributed by atoms with van der Waals surface area (Å²) < 4.78 is 0. The number of carbonyl (C=O) groups is 4. The summed E-state index contributed by atoms with van der Waals surface area (Å²) in [5, 5.41) is 35.9. The molecule has 1 heterocycles. The smallest absolute Gasteiger partial charge is 0.317 e. The zero-order valence-electron chi connectivity index (χ0n) is 15.7. The fourth-order valence-corrected chi connectivity index (χ4v) is 2.99. The van der Waals surface area contributed by atoms with E-state index >= 15 is 0 Å². The molecule has 0 aliphatic carbocycles. The SMILES string of the molecule is O=C(O)CN1CCN(CCN(CC(=O)O)CC(=O)O)CCN(CC(=O)O)CC1. The van der Waals surface area contributed by atoms with Crippen molar-refractivity contribution in [3.8, 4) is 0 Å². The molecule has 1 fully saturated rings. The maximum absolute atomic E-state index is 11.0. The molecule has 0 atom stereocenters. The molecule has 0 saturated carbocycles. The average molecular weight is 404 g/mol. The van der Waals surface area contributed by atoms with E-state index in [0.717, 1.165) is 0 Å². The van der Waals surface area contributed by atoms with E-state index in [9.17, 15) is 19.2 Å². The Morgan fingerprint density at radius 1 is 0.607 bits per heavy atom. The Bertz CT molecular complexity index is 515. The molecule has 0 bridgehead atoms. The lowest BCUT2D eigenvalue weighted by molar-refractivity contribution is -0.142. The van der Waals surface area contributed by atoms with Gasteiger partial charge in [0.25, 0.3) is 0 Å². The molecule has 4 N–H and O–H groups in total. The molecule has 12 nitrogen and oxygen atoms in total. The molecule has 1 rings (SSSR count). The van der Waals surface area contributed by atoms with E-state index in [2.05, 4.69) is 0 Å². The van der Waals surface area contributed by atoms with Crippen LogP contribution in [0.3, 0.4) is 0 Å². The number of hydrogen-bond donors (Lipinski definition) is 4. The summed E-state index contributed by atoms with van der Waals surface area (Å²) in [5.74, 6) is -4.17. The molecule has 1 saturated heterocycles. The van der Waals surface area contributed by atoms with Crippen LogP contribution < -0.4 is 0 Å². The van der Waals surface area contributed by atoms with E-state index in [1.807, 2.05) is 4.90 Å². The lowest BCUT2D eigenvalue weighted by atomic mass is 10.3. The van der Waals surface area contributed by atoms with E-state index in [-0.39, 0.29) is 19.6 Å². The van der Waals surface area contributed by atoms with E-state index in [1.54, 1.807) is 9.80 Å². The molecule has 1 aliphatic heterocycles. The molecule has 0 aromatic rings. The largest absolute Gasteiger partial charge is 0.480 e. The quantitative estimate of drug-likeness (QED) is 0.288. The highest BCUT2D eigenvalue weighted by molar-refractivity contribution is 5.72.